The van der Waals surface area contributed by atoms with Gasteiger partial charge in [-0.2, -0.15) is 13.2 Å². The van der Waals surface area contributed by atoms with Crippen LogP contribution < -0.4 is 5.56 Å². The minimum absolute atomic E-state index is 0.0433. The van der Waals surface area contributed by atoms with Crippen LogP contribution in [-0.2, 0) is 6.18 Å². The number of hydrogen-bond acceptors (Lipinski definition) is 3. The van der Waals surface area contributed by atoms with Gasteiger partial charge in [0.1, 0.15) is 5.65 Å². The molecular formula is C14H9F3N2OS. The Labute approximate surface area is 121 Å². The van der Waals surface area contributed by atoms with E-state index in [0.29, 0.717) is 4.88 Å². The van der Waals surface area contributed by atoms with Gasteiger partial charge in [-0.3, -0.25) is 4.79 Å². The van der Waals surface area contributed by atoms with E-state index in [1.165, 1.54) is 18.3 Å². The number of pyridine rings is 2. The van der Waals surface area contributed by atoms with Crippen molar-refractivity contribution in [3.63, 3.8) is 0 Å². The lowest BCUT2D eigenvalue weighted by Crippen LogP contribution is -2.12. The van der Waals surface area contributed by atoms with E-state index in [-0.39, 0.29) is 22.3 Å². The minimum atomic E-state index is -4.52. The lowest BCUT2D eigenvalue weighted by molar-refractivity contribution is -0.136. The molecule has 0 aromatic carbocycles. The van der Waals surface area contributed by atoms with Crippen LogP contribution in [0.3, 0.4) is 0 Å². The highest BCUT2D eigenvalue weighted by molar-refractivity contribution is 7.13. The second-order valence-corrected chi connectivity index (χ2v) is 5.52. The molecule has 0 fully saturated rings. The summed E-state index contributed by atoms with van der Waals surface area (Å²) < 4.78 is 39.9. The maximum Gasteiger partial charge on any atom is 0.417 e. The average molecular weight is 310 g/mol. The molecule has 7 heteroatoms. The largest absolute Gasteiger partial charge is 0.417 e. The van der Waals surface area contributed by atoms with Gasteiger partial charge in [0.2, 0.25) is 5.56 Å². The zero-order valence-corrected chi connectivity index (χ0v) is 11.6. The van der Waals surface area contributed by atoms with Crippen LogP contribution in [0.15, 0.2) is 34.4 Å². The molecule has 3 nitrogen and oxygen atoms in total. The molecule has 0 saturated carbocycles. The molecule has 3 rings (SSSR count). The van der Waals surface area contributed by atoms with Crippen LogP contribution in [0.5, 0.6) is 0 Å². The van der Waals surface area contributed by atoms with Crippen molar-refractivity contribution in [3.8, 4) is 10.6 Å². The molecule has 3 aromatic rings. The van der Waals surface area contributed by atoms with Crippen LogP contribution in [-0.4, -0.2) is 9.97 Å². The first-order chi connectivity index (χ1) is 9.86. The van der Waals surface area contributed by atoms with E-state index >= 15 is 0 Å². The molecular weight excluding hydrogens is 301 g/mol. The van der Waals surface area contributed by atoms with Gasteiger partial charge in [0.05, 0.1) is 16.1 Å². The van der Waals surface area contributed by atoms with Crippen molar-refractivity contribution in [1.82, 2.24) is 9.97 Å². The van der Waals surface area contributed by atoms with Crippen molar-refractivity contribution in [2.75, 3.05) is 0 Å². The fourth-order valence-electron chi connectivity index (χ4n) is 2.23. The molecule has 0 radical (unpaired) electrons. The van der Waals surface area contributed by atoms with Crippen LogP contribution in [0.25, 0.3) is 21.6 Å². The van der Waals surface area contributed by atoms with E-state index < -0.39 is 17.3 Å². The van der Waals surface area contributed by atoms with E-state index in [2.05, 4.69) is 9.97 Å². The number of halogens is 3. The van der Waals surface area contributed by atoms with Crippen molar-refractivity contribution in [3.05, 3.63) is 51.1 Å². The molecule has 0 aliphatic carbocycles. The number of rotatable bonds is 1. The average Bonchev–Trinajstić information content (AvgIpc) is 2.89. The number of aromatic nitrogens is 2. The Bertz CT molecular complexity index is 866. The maximum absolute atomic E-state index is 13.3. The van der Waals surface area contributed by atoms with Gasteiger partial charge in [0.25, 0.3) is 0 Å². The second-order valence-electron chi connectivity index (χ2n) is 4.57. The Morgan fingerprint density at radius 2 is 2.05 bits per heavy atom. The Kier molecular flexibility index (Phi) is 3.09. The molecule has 0 aliphatic heterocycles. The van der Waals surface area contributed by atoms with Gasteiger partial charge < -0.3 is 4.98 Å². The molecule has 108 valence electrons. The lowest BCUT2D eigenvalue weighted by Gasteiger charge is -2.13. The first kappa shape index (κ1) is 13.8. The Hall–Kier alpha value is -2.15. The van der Waals surface area contributed by atoms with Crippen molar-refractivity contribution < 1.29 is 13.2 Å². The highest BCUT2D eigenvalue weighted by atomic mass is 32.1. The summed E-state index contributed by atoms with van der Waals surface area (Å²) in [5.41, 5.74) is -0.843. The number of H-pyrrole nitrogens is 1. The van der Waals surface area contributed by atoms with Crippen LogP contribution >= 0.6 is 11.3 Å². The molecule has 0 amide bonds. The SMILES string of the molecule is Cc1cc(=O)[nH]c2nc(-c3cccs3)cc(C(F)(F)F)c12. The first-order valence-corrected chi connectivity index (χ1v) is 6.90. The summed E-state index contributed by atoms with van der Waals surface area (Å²) in [6.45, 7) is 1.47. The number of nitrogens with one attached hydrogen (secondary N) is 1. The highest BCUT2D eigenvalue weighted by Crippen LogP contribution is 2.37. The fraction of sp³-hybridized carbons (Fsp3) is 0.143. The van der Waals surface area contributed by atoms with Crippen molar-refractivity contribution in [2.45, 2.75) is 13.1 Å². The zero-order valence-electron chi connectivity index (χ0n) is 10.8. The van der Waals surface area contributed by atoms with E-state index in [9.17, 15) is 18.0 Å². The molecule has 3 heterocycles. The number of aryl methyl sites for hydroxylation is 1. The molecule has 0 bridgehead atoms. The zero-order chi connectivity index (χ0) is 15.2. The third-order valence-electron chi connectivity index (χ3n) is 3.08. The standard InChI is InChI=1S/C14H9F3N2OS/c1-7-5-11(20)19-13-12(7)8(14(15,16)17)6-9(18-13)10-3-2-4-21-10/h2-6H,1H3,(H,18,19,20). The number of alkyl halides is 3. The second kappa shape index (κ2) is 4.70. The van der Waals surface area contributed by atoms with Crippen LogP contribution in [0.1, 0.15) is 11.1 Å². The molecule has 0 atom stereocenters. The van der Waals surface area contributed by atoms with Gasteiger partial charge in [0, 0.05) is 11.5 Å². The van der Waals surface area contributed by atoms with Crippen molar-refractivity contribution >= 4 is 22.4 Å². The monoisotopic (exact) mass is 310 g/mol. The van der Waals surface area contributed by atoms with Gasteiger partial charge >= 0.3 is 6.18 Å². The third kappa shape index (κ3) is 2.44. The van der Waals surface area contributed by atoms with Crippen LogP contribution in [0.4, 0.5) is 13.2 Å². The van der Waals surface area contributed by atoms with E-state index in [0.717, 1.165) is 12.1 Å². The third-order valence-corrected chi connectivity index (χ3v) is 3.97. The van der Waals surface area contributed by atoms with E-state index in [4.69, 9.17) is 0 Å². The minimum Gasteiger partial charge on any atom is -0.307 e. The van der Waals surface area contributed by atoms with Gasteiger partial charge in [-0.15, -0.1) is 11.3 Å². The van der Waals surface area contributed by atoms with Gasteiger partial charge in [-0.1, -0.05) is 6.07 Å². The number of nitrogens with zero attached hydrogens (tertiary/aromatic N) is 1. The summed E-state index contributed by atoms with van der Waals surface area (Å²) in [6.07, 6.45) is -4.52. The van der Waals surface area contributed by atoms with Crippen molar-refractivity contribution in [2.24, 2.45) is 0 Å². The summed E-state index contributed by atoms with van der Waals surface area (Å²) >= 11 is 1.29. The predicted octanol–water partition coefficient (Wildman–Crippen LogP) is 3.98. The quantitative estimate of drug-likeness (QED) is 0.739. The molecule has 0 aliphatic rings. The first-order valence-electron chi connectivity index (χ1n) is 6.02. The summed E-state index contributed by atoms with van der Waals surface area (Å²) in [5, 5.41) is 1.69. The molecule has 0 unspecified atom stereocenters. The smallest absolute Gasteiger partial charge is 0.307 e. The topological polar surface area (TPSA) is 45.8 Å². The van der Waals surface area contributed by atoms with Gasteiger partial charge in [-0.05, 0) is 30.0 Å². The number of aromatic amines is 1. The lowest BCUT2D eigenvalue weighted by atomic mass is 10.1. The van der Waals surface area contributed by atoms with E-state index in [1.54, 1.807) is 17.5 Å². The molecule has 1 N–H and O–H groups in total. The summed E-state index contributed by atoms with van der Waals surface area (Å²) in [4.78, 5) is 18.7. The van der Waals surface area contributed by atoms with Gasteiger partial charge in [-0.25, -0.2) is 4.98 Å². The number of hydrogen-bond donors (Lipinski definition) is 1. The summed E-state index contributed by atoms with van der Waals surface area (Å²) in [6, 6.07) is 5.59. The van der Waals surface area contributed by atoms with Crippen LogP contribution in [0, 0.1) is 6.92 Å². The molecule has 3 aromatic heterocycles. The molecule has 21 heavy (non-hydrogen) atoms. The van der Waals surface area contributed by atoms with E-state index in [1.807, 2.05) is 0 Å². The predicted molar refractivity (Wildman–Crippen MR) is 75.4 cm³/mol. The Morgan fingerprint density at radius 3 is 2.67 bits per heavy atom. The highest BCUT2D eigenvalue weighted by Gasteiger charge is 2.34. The normalized spacial score (nSPS) is 12.0. The van der Waals surface area contributed by atoms with Crippen LogP contribution in [0.2, 0.25) is 0 Å². The molecule has 0 spiro atoms. The van der Waals surface area contributed by atoms with Gasteiger partial charge in [0.15, 0.2) is 0 Å². The Balaban J connectivity index is 2.43. The Morgan fingerprint density at radius 1 is 1.29 bits per heavy atom. The maximum atomic E-state index is 13.3. The number of fused-ring (bicyclic) bond motifs is 1. The molecule has 0 saturated heterocycles. The number of thiophene rings is 1. The fourth-order valence-corrected chi connectivity index (χ4v) is 2.92. The summed E-state index contributed by atoms with van der Waals surface area (Å²) in [5.74, 6) is 0. The van der Waals surface area contributed by atoms with Crippen molar-refractivity contribution in [1.29, 1.82) is 0 Å². The summed E-state index contributed by atoms with van der Waals surface area (Å²) in [7, 11) is 0.